The van der Waals surface area contributed by atoms with Crippen molar-refractivity contribution in [3.05, 3.63) is 60.4 Å². The highest BCUT2D eigenvalue weighted by Gasteiger charge is 2.81. The summed E-state index contributed by atoms with van der Waals surface area (Å²) >= 11 is 0. The van der Waals surface area contributed by atoms with Crippen LogP contribution in [0.1, 0.15) is 25.5 Å². The van der Waals surface area contributed by atoms with Crippen LogP contribution in [0.4, 0.5) is 74.7 Å². The minimum atomic E-state index is -6.87. The number of hydrogen-bond acceptors (Lipinski definition) is 6. The van der Waals surface area contributed by atoms with E-state index in [-0.39, 0.29) is 29.7 Å². The summed E-state index contributed by atoms with van der Waals surface area (Å²) in [5, 5.41) is 16.5. The van der Waals surface area contributed by atoms with Gasteiger partial charge in [0.05, 0.1) is 5.39 Å². The molecule has 0 fully saturated rings. The molecule has 2 amide bonds. The number of carboxylic acids is 1. The molecule has 10 nitrogen and oxygen atoms in total. The number of nitrogens with two attached hydrogens (primary N) is 1. The number of alkyl halides is 12. The van der Waals surface area contributed by atoms with Gasteiger partial charge in [0.25, 0.3) is 0 Å². The van der Waals surface area contributed by atoms with E-state index in [1.54, 1.807) is 16.8 Å². The number of amides is 2. The van der Waals surface area contributed by atoms with Crippen LogP contribution in [0.25, 0.3) is 22.3 Å². The predicted molar refractivity (Wildman–Crippen MR) is 148 cm³/mol. The van der Waals surface area contributed by atoms with E-state index in [2.05, 4.69) is 20.4 Å². The van der Waals surface area contributed by atoms with Crippen LogP contribution in [0, 0.1) is 0 Å². The lowest BCUT2D eigenvalue weighted by Gasteiger charge is -2.36. The zero-order chi connectivity index (χ0) is 37.3. The van der Waals surface area contributed by atoms with Crippen LogP contribution >= 0.6 is 0 Å². The Morgan fingerprint density at radius 1 is 0.816 bits per heavy atom. The first-order chi connectivity index (χ1) is 22.3. The fourth-order valence-corrected chi connectivity index (χ4v) is 4.09. The maximum absolute atomic E-state index is 14.8. The van der Waals surface area contributed by atoms with E-state index in [4.69, 9.17) is 15.6 Å². The molecule has 1 atom stereocenters. The van der Waals surface area contributed by atoms with Gasteiger partial charge in [-0.25, -0.2) is 28.6 Å². The summed E-state index contributed by atoms with van der Waals surface area (Å²) in [7, 11) is 0. The Labute approximate surface area is 265 Å². The highest BCUT2D eigenvalue weighted by Crippen LogP contribution is 2.58. The van der Waals surface area contributed by atoms with E-state index in [1.165, 1.54) is 18.5 Å². The average molecular weight is 719 g/mol. The van der Waals surface area contributed by atoms with Crippen LogP contribution in [0.2, 0.25) is 0 Å². The number of hydrogen-bond donors (Lipinski definition) is 4. The SMILES string of the molecule is CC(C)n1nc(-c2ccc(NC(=O)Nc3cccc(C(F)(C(F)(F)F)C(F)(F)C(F)(F)F)c3)cc2)c2c(N)ncnc21.O=C(O)C(F)(F)F. The monoisotopic (exact) mass is 719 g/mol. The number of anilines is 3. The van der Waals surface area contributed by atoms with Crippen molar-refractivity contribution in [3.63, 3.8) is 0 Å². The first-order valence-electron chi connectivity index (χ1n) is 13.1. The zero-order valence-corrected chi connectivity index (χ0v) is 24.4. The summed E-state index contributed by atoms with van der Waals surface area (Å²) in [6, 6.07) is 6.36. The van der Waals surface area contributed by atoms with Crippen molar-refractivity contribution in [3.8, 4) is 11.3 Å². The van der Waals surface area contributed by atoms with Gasteiger partial charge in [0, 0.05) is 28.5 Å². The second kappa shape index (κ2) is 13.3. The first kappa shape index (κ1) is 38.1. The van der Waals surface area contributed by atoms with Crippen molar-refractivity contribution < 1.29 is 67.4 Å². The highest BCUT2D eigenvalue weighted by molar-refractivity contribution is 6.01. The Hall–Kier alpha value is -5.31. The van der Waals surface area contributed by atoms with Gasteiger partial charge in [0.15, 0.2) is 5.65 Å². The molecule has 0 aliphatic carbocycles. The number of urea groups is 1. The molecule has 2 aromatic heterocycles. The van der Waals surface area contributed by atoms with Crippen molar-refractivity contribution in [2.75, 3.05) is 16.4 Å². The Bertz CT molecular complexity index is 1820. The molecular weight excluding hydrogens is 698 g/mol. The molecule has 5 N–H and O–H groups in total. The summed E-state index contributed by atoms with van der Waals surface area (Å²) in [5.74, 6) is -9.41. The number of nitrogens with zero attached hydrogens (tertiary/aromatic N) is 4. The third kappa shape index (κ3) is 7.72. The van der Waals surface area contributed by atoms with Gasteiger partial charge >= 0.3 is 42.1 Å². The van der Waals surface area contributed by atoms with E-state index >= 15 is 0 Å². The van der Waals surface area contributed by atoms with E-state index in [9.17, 15) is 57.5 Å². The number of carbonyl (C=O) groups is 2. The Kier molecular flexibility index (Phi) is 10.4. The Morgan fingerprint density at radius 2 is 1.37 bits per heavy atom. The molecule has 49 heavy (non-hydrogen) atoms. The molecule has 2 heterocycles. The van der Waals surface area contributed by atoms with E-state index in [0.29, 0.717) is 28.4 Å². The summed E-state index contributed by atoms with van der Waals surface area (Å²) in [6.07, 6.45) is -17.3. The number of aromatic nitrogens is 4. The maximum atomic E-state index is 14.8. The quantitative estimate of drug-likeness (QED) is 0.148. The van der Waals surface area contributed by atoms with E-state index < -0.39 is 53.4 Å². The smallest absolute Gasteiger partial charge is 0.475 e. The summed E-state index contributed by atoms with van der Waals surface area (Å²) < 4.78 is 154. The fourth-order valence-electron chi connectivity index (χ4n) is 4.09. The van der Waals surface area contributed by atoms with Crippen LogP contribution in [-0.2, 0) is 10.5 Å². The molecule has 0 aliphatic heterocycles. The van der Waals surface area contributed by atoms with Crippen molar-refractivity contribution in [2.24, 2.45) is 0 Å². The number of benzene rings is 2. The van der Waals surface area contributed by atoms with Gasteiger partial charge in [-0.2, -0.15) is 53.4 Å². The average Bonchev–Trinajstić information content (AvgIpc) is 3.37. The fraction of sp³-hybridized carbons (Fsp3) is 0.296. The van der Waals surface area contributed by atoms with Gasteiger partial charge in [-0.1, -0.05) is 24.3 Å². The lowest BCUT2D eigenvalue weighted by molar-refractivity contribution is -0.389. The predicted octanol–water partition coefficient (Wildman–Crippen LogP) is 7.86. The molecule has 0 saturated carbocycles. The van der Waals surface area contributed by atoms with Gasteiger partial charge in [-0.05, 0) is 38.1 Å². The third-order valence-corrected chi connectivity index (χ3v) is 6.36. The van der Waals surface area contributed by atoms with Crippen LogP contribution < -0.4 is 16.4 Å². The van der Waals surface area contributed by atoms with Crippen LogP contribution in [-0.4, -0.2) is 61.3 Å². The number of fused-ring (bicyclic) bond motifs is 1. The van der Waals surface area contributed by atoms with Crippen molar-refractivity contribution in [1.82, 2.24) is 19.7 Å². The Morgan fingerprint density at radius 3 is 1.86 bits per heavy atom. The summed E-state index contributed by atoms with van der Waals surface area (Å²) in [5.41, 5.74) is -1.22. The molecule has 0 aliphatic rings. The third-order valence-electron chi connectivity index (χ3n) is 6.36. The maximum Gasteiger partial charge on any atom is 0.490 e. The molecule has 0 saturated heterocycles. The number of halogens is 12. The molecule has 0 radical (unpaired) electrons. The van der Waals surface area contributed by atoms with Gasteiger partial charge in [0.1, 0.15) is 17.8 Å². The normalized spacial score (nSPS) is 13.8. The molecule has 0 bridgehead atoms. The summed E-state index contributed by atoms with van der Waals surface area (Å²) in [6.45, 7) is 3.77. The van der Waals surface area contributed by atoms with E-state index in [1.807, 2.05) is 19.2 Å². The lowest BCUT2D eigenvalue weighted by atomic mass is 9.87. The van der Waals surface area contributed by atoms with Crippen LogP contribution in [0.3, 0.4) is 0 Å². The number of nitrogens with one attached hydrogen (secondary N) is 2. The van der Waals surface area contributed by atoms with Gasteiger partial charge in [0.2, 0.25) is 0 Å². The molecule has 266 valence electrons. The summed E-state index contributed by atoms with van der Waals surface area (Å²) in [4.78, 5) is 29.5. The van der Waals surface area contributed by atoms with Crippen molar-refractivity contribution in [1.29, 1.82) is 0 Å². The van der Waals surface area contributed by atoms with Gasteiger partial charge < -0.3 is 21.5 Å². The highest BCUT2D eigenvalue weighted by atomic mass is 19.4. The Balaban J connectivity index is 0.000000838. The standard InChI is InChI=1S/C25H20F9N7O.C2HF3O2/c1-12(2)41-20-17(19(35)36-11-37-20)18(40-41)13-6-8-15(9-7-13)38-21(42)39-16-5-3-4-14(10-16)22(26,24(29,30)31)23(27,28)25(32,33)34;3-2(4,5)1(6)7/h3-12H,1-2H3,(H2,35,36,37)(H2,38,39,42);(H,6,7). The van der Waals surface area contributed by atoms with Crippen LogP contribution in [0.15, 0.2) is 54.9 Å². The minimum absolute atomic E-state index is 0.0401. The molecule has 4 rings (SSSR count). The van der Waals surface area contributed by atoms with E-state index in [0.717, 1.165) is 6.07 Å². The van der Waals surface area contributed by atoms with Crippen molar-refractivity contribution in [2.45, 2.75) is 50.0 Å². The number of aliphatic carboxylic acids is 1. The lowest BCUT2D eigenvalue weighted by Crippen LogP contribution is -2.59. The topological polar surface area (TPSA) is 148 Å². The largest absolute Gasteiger partial charge is 0.490 e. The first-order valence-corrected chi connectivity index (χ1v) is 13.1. The molecule has 2 aromatic carbocycles. The van der Waals surface area contributed by atoms with Crippen LogP contribution in [0.5, 0.6) is 0 Å². The minimum Gasteiger partial charge on any atom is -0.475 e. The molecule has 22 heteroatoms. The molecular formula is C27H21F12N7O3. The second-order valence-corrected chi connectivity index (χ2v) is 10.1. The second-order valence-electron chi connectivity index (χ2n) is 10.1. The zero-order valence-electron chi connectivity index (χ0n) is 24.4. The van der Waals surface area contributed by atoms with Gasteiger partial charge in [-0.15, -0.1) is 0 Å². The van der Waals surface area contributed by atoms with Crippen molar-refractivity contribution >= 4 is 40.2 Å². The number of carbonyl (C=O) groups excluding carboxylic acids is 1. The number of rotatable bonds is 6. The molecule has 4 aromatic rings. The molecule has 0 spiro atoms. The number of carboxylic acid groups (broad SMARTS) is 1. The van der Waals surface area contributed by atoms with Gasteiger partial charge in [-0.3, -0.25) is 0 Å². The number of nitrogen functional groups attached to an aromatic ring is 1. The molecule has 1 unspecified atom stereocenters.